The molecule has 0 aromatic rings. The molecule has 0 amide bonds. The fraction of sp³-hybridized carbons (Fsp3) is 0.833. The molecule has 6 heteroatoms. The molecule has 166 valence electrons. The van der Waals surface area contributed by atoms with Crippen molar-refractivity contribution >= 4 is 20.3 Å². The van der Waals surface area contributed by atoms with Crippen molar-refractivity contribution in [2.24, 2.45) is 34.0 Å². The number of rotatable bonds is 3. The number of ether oxygens (including phenoxy) is 2. The van der Waals surface area contributed by atoms with Crippen LogP contribution in [-0.4, -0.2) is 39.6 Å². The molecule has 5 nitrogen and oxygen atoms in total. The fourth-order valence-electron chi connectivity index (χ4n) is 9.00. The van der Waals surface area contributed by atoms with Crippen LogP contribution in [0.15, 0.2) is 12.2 Å². The largest absolute Gasteiger partial charge is 0.469 e. The summed E-state index contributed by atoms with van der Waals surface area (Å²) in [5, 5.41) is 0. The molecule has 4 saturated carbocycles. The maximum atomic E-state index is 13.4. The van der Waals surface area contributed by atoms with Gasteiger partial charge in [0, 0.05) is 5.41 Å². The zero-order valence-corrected chi connectivity index (χ0v) is 20.1. The molecule has 5 aliphatic rings. The van der Waals surface area contributed by atoms with Crippen molar-refractivity contribution in [1.82, 2.24) is 0 Å². The monoisotopic (exact) mass is 432 g/mol. The van der Waals surface area contributed by atoms with Crippen LogP contribution >= 0.6 is 0 Å². The average Bonchev–Trinajstić information content (AvgIpc) is 3.02. The molecule has 30 heavy (non-hydrogen) atoms. The van der Waals surface area contributed by atoms with Crippen LogP contribution in [0.25, 0.3) is 0 Å². The van der Waals surface area contributed by atoms with E-state index in [4.69, 9.17) is 13.9 Å². The van der Waals surface area contributed by atoms with Gasteiger partial charge < -0.3 is 13.9 Å². The third-order valence-corrected chi connectivity index (χ3v) is 10.5. The molecule has 0 aromatic heterocycles. The van der Waals surface area contributed by atoms with Gasteiger partial charge in [0.1, 0.15) is 0 Å². The lowest BCUT2D eigenvalue weighted by Crippen LogP contribution is -2.58. The molecule has 1 spiro atoms. The average molecular weight is 433 g/mol. The van der Waals surface area contributed by atoms with E-state index in [0.29, 0.717) is 12.5 Å². The van der Waals surface area contributed by atoms with Gasteiger partial charge in [0.2, 0.25) is 0 Å². The minimum absolute atomic E-state index is 0.00830. The Morgan fingerprint density at radius 1 is 1.20 bits per heavy atom. The molecule has 5 fully saturated rings. The number of carbonyl (C=O) groups excluding carboxylic acids is 2. The van der Waals surface area contributed by atoms with Crippen LogP contribution in [0.5, 0.6) is 0 Å². The predicted molar refractivity (Wildman–Crippen MR) is 115 cm³/mol. The number of fused-ring (bicyclic) bond motifs is 1. The van der Waals surface area contributed by atoms with E-state index in [1.54, 1.807) is 0 Å². The first kappa shape index (κ1) is 20.7. The summed E-state index contributed by atoms with van der Waals surface area (Å²) >= 11 is 0. The van der Waals surface area contributed by atoms with Gasteiger partial charge in [-0.1, -0.05) is 13.0 Å². The number of methoxy groups -OCH3 is 1. The zero-order chi connectivity index (χ0) is 21.7. The lowest BCUT2D eigenvalue weighted by atomic mass is 9.51. The van der Waals surface area contributed by atoms with Crippen LogP contribution in [0.1, 0.15) is 51.9 Å². The summed E-state index contributed by atoms with van der Waals surface area (Å²) in [4.78, 5) is 26.5. The van der Waals surface area contributed by atoms with Crippen molar-refractivity contribution in [3.63, 3.8) is 0 Å². The van der Waals surface area contributed by atoms with Crippen LogP contribution in [0.2, 0.25) is 19.6 Å². The summed E-state index contributed by atoms with van der Waals surface area (Å²) < 4.78 is 18.1. The molecule has 1 heterocycles. The number of hydrogen-bond acceptors (Lipinski definition) is 5. The Balaban J connectivity index is 1.68. The van der Waals surface area contributed by atoms with Crippen molar-refractivity contribution in [2.45, 2.75) is 77.1 Å². The highest BCUT2D eigenvalue weighted by atomic mass is 28.4. The van der Waals surface area contributed by atoms with Crippen LogP contribution in [-0.2, 0) is 23.5 Å². The highest BCUT2D eigenvalue weighted by Gasteiger charge is 2.80. The van der Waals surface area contributed by atoms with Gasteiger partial charge in [0.25, 0.3) is 0 Å². The number of hydrogen-bond donors (Lipinski definition) is 0. The summed E-state index contributed by atoms with van der Waals surface area (Å²) in [6.45, 7) is 13.7. The molecule has 7 atom stereocenters. The SMILES string of the molecule is C=C1C[C@]23C[C@@]1(O[Si](C)(C)C)CC[C@H]2[C@@]12CCCC(C)(C(=O)OC1)[C@H]2[C@@H]3C(=O)OC. The van der Waals surface area contributed by atoms with Crippen LogP contribution in [0.4, 0.5) is 0 Å². The van der Waals surface area contributed by atoms with Gasteiger partial charge in [-0.05, 0) is 87.9 Å². The second kappa shape index (κ2) is 6.00. The maximum absolute atomic E-state index is 13.4. The van der Waals surface area contributed by atoms with Crippen molar-refractivity contribution in [3.05, 3.63) is 12.2 Å². The molecular weight excluding hydrogens is 396 g/mol. The molecule has 1 saturated heterocycles. The Morgan fingerprint density at radius 2 is 1.93 bits per heavy atom. The zero-order valence-electron chi connectivity index (χ0n) is 19.1. The van der Waals surface area contributed by atoms with E-state index >= 15 is 0 Å². The molecule has 0 N–H and O–H groups in total. The standard InChI is InChI=1S/C24H36O5Si/c1-15-12-23-13-24(15,29-30(4,5)6)11-8-16(23)22-10-7-9-21(2,20(26)28-14-22)18(22)17(23)19(25)27-3/h16-18H,1,7-14H2,2-6H3/t16-,17+,18+,21?,22+,23-,24-/m0/s1. The van der Waals surface area contributed by atoms with Crippen LogP contribution in [0.3, 0.4) is 0 Å². The lowest BCUT2D eigenvalue weighted by Gasteiger charge is -2.56. The van der Waals surface area contributed by atoms with E-state index in [0.717, 1.165) is 50.5 Å². The molecular formula is C24H36O5Si. The first-order valence-corrected chi connectivity index (χ1v) is 15.0. The minimum Gasteiger partial charge on any atom is -0.469 e. The van der Waals surface area contributed by atoms with E-state index in [2.05, 4.69) is 26.2 Å². The third-order valence-electron chi connectivity index (χ3n) is 9.52. The first-order chi connectivity index (χ1) is 13.9. The topological polar surface area (TPSA) is 61.8 Å². The summed E-state index contributed by atoms with van der Waals surface area (Å²) in [6, 6.07) is 0. The van der Waals surface area contributed by atoms with Crippen molar-refractivity contribution in [3.8, 4) is 0 Å². The van der Waals surface area contributed by atoms with E-state index < -0.39 is 13.7 Å². The molecule has 1 aliphatic heterocycles. The Bertz CT molecular complexity index is 832. The van der Waals surface area contributed by atoms with Gasteiger partial charge in [-0.15, -0.1) is 0 Å². The summed E-state index contributed by atoms with van der Waals surface area (Å²) in [5.41, 5.74) is -0.115. The second-order valence-electron chi connectivity index (χ2n) is 12.0. The number of esters is 2. The van der Waals surface area contributed by atoms with Crippen molar-refractivity contribution in [2.75, 3.05) is 13.7 Å². The minimum atomic E-state index is -1.81. The summed E-state index contributed by atoms with van der Waals surface area (Å²) in [7, 11) is -0.309. The molecule has 4 bridgehead atoms. The molecule has 0 radical (unpaired) electrons. The summed E-state index contributed by atoms with van der Waals surface area (Å²) in [5.74, 6) is -0.202. The Kier molecular flexibility index (Phi) is 4.15. The number of cyclic esters (lactones) is 1. The van der Waals surface area contributed by atoms with Gasteiger partial charge in [0.05, 0.1) is 30.7 Å². The maximum Gasteiger partial charge on any atom is 0.312 e. The van der Waals surface area contributed by atoms with Crippen LogP contribution in [0, 0.1) is 34.0 Å². The highest BCUT2D eigenvalue weighted by molar-refractivity contribution is 6.69. The van der Waals surface area contributed by atoms with E-state index in [1.165, 1.54) is 7.11 Å². The normalized spacial score (nSPS) is 49.3. The Hall–Kier alpha value is -1.14. The van der Waals surface area contributed by atoms with Crippen molar-refractivity contribution in [1.29, 1.82) is 0 Å². The Labute approximate surface area is 181 Å². The van der Waals surface area contributed by atoms with Gasteiger partial charge in [-0.25, -0.2) is 0 Å². The van der Waals surface area contributed by atoms with Gasteiger partial charge in [0.15, 0.2) is 8.32 Å². The number of carbonyl (C=O) groups is 2. The Morgan fingerprint density at radius 3 is 2.60 bits per heavy atom. The van der Waals surface area contributed by atoms with E-state index in [1.807, 2.05) is 6.92 Å². The second-order valence-corrected chi connectivity index (χ2v) is 16.5. The smallest absolute Gasteiger partial charge is 0.312 e. The third kappa shape index (κ3) is 2.33. The first-order valence-electron chi connectivity index (χ1n) is 11.6. The molecule has 4 aliphatic carbocycles. The van der Waals surface area contributed by atoms with E-state index in [9.17, 15) is 9.59 Å². The summed E-state index contributed by atoms with van der Waals surface area (Å²) in [6.07, 6.45) is 6.50. The fourth-order valence-corrected chi connectivity index (χ4v) is 10.5. The molecule has 1 unspecified atom stereocenters. The van der Waals surface area contributed by atoms with Gasteiger partial charge >= 0.3 is 11.9 Å². The van der Waals surface area contributed by atoms with Gasteiger partial charge in [-0.2, -0.15) is 0 Å². The van der Waals surface area contributed by atoms with Crippen molar-refractivity contribution < 1.29 is 23.5 Å². The lowest BCUT2D eigenvalue weighted by molar-refractivity contribution is -0.201. The quantitative estimate of drug-likeness (QED) is 0.374. The predicted octanol–water partition coefficient (Wildman–Crippen LogP) is 4.48. The van der Waals surface area contributed by atoms with E-state index in [-0.39, 0.29) is 40.2 Å². The molecule has 5 rings (SSSR count). The van der Waals surface area contributed by atoms with Crippen LogP contribution < -0.4 is 0 Å². The van der Waals surface area contributed by atoms with Gasteiger partial charge in [-0.3, -0.25) is 9.59 Å². The molecule has 0 aromatic carbocycles. The highest BCUT2D eigenvalue weighted by Crippen LogP contribution is 2.79.